The van der Waals surface area contributed by atoms with Crippen LogP contribution in [0.3, 0.4) is 0 Å². The third-order valence-corrected chi connectivity index (χ3v) is 4.81. The number of halogens is 1. The molecule has 0 unspecified atom stereocenters. The molecule has 0 spiro atoms. The number of aromatic nitrogens is 2. The number of primary amides is 1. The van der Waals surface area contributed by atoms with Gasteiger partial charge in [-0.25, -0.2) is 4.98 Å². The molecule has 4 rings (SSSR count). The van der Waals surface area contributed by atoms with Crippen LogP contribution in [0.5, 0.6) is 0 Å². The van der Waals surface area contributed by atoms with Crippen molar-refractivity contribution in [3.8, 4) is 5.69 Å². The topological polar surface area (TPSA) is 126 Å². The van der Waals surface area contributed by atoms with E-state index in [1.807, 2.05) is 0 Å². The van der Waals surface area contributed by atoms with Crippen LogP contribution in [0.25, 0.3) is 5.69 Å². The number of benzene rings is 2. The van der Waals surface area contributed by atoms with E-state index in [0.717, 1.165) is 5.69 Å². The Labute approximate surface area is 176 Å². The van der Waals surface area contributed by atoms with Gasteiger partial charge in [0.2, 0.25) is 0 Å². The minimum absolute atomic E-state index is 0.0172. The van der Waals surface area contributed by atoms with E-state index in [1.54, 1.807) is 53.4 Å². The van der Waals surface area contributed by atoms with E-state index in [9.17, 15) is 9.59 Å². The fourth-order valence-corrected chi connectivity index (χ4v) is 3.24. The molecule has 2 amide bonds. The minimum Gasteiger partial charge on any atom is -0.463 e. The summed E-state index contributed by atoms with van der Waals surface area (Å²) in [4.78, 5) is 30.5. The molecule has 1 aromatic heterocycles. The van der Waals surface area contributed by atoms with Crippen molar-refractivity contribution in [2.45, 2.75) is 0 Å². The van der Waals surface area contributed by atoms with Gasteiger partial charge in [0, 0.05) is 22.1 Å². The van der Waals surface area contributed by atoms with Crippen LogP contribution in [-0.2, 0) is 4.74 Å². The fraction of sp³-hybridized carbons (Fsp3) is 0.100. The van der Waals surface area contributed by atoms with E-state index in [4.69, 9.17) is 27.5 Å². The summed E-state index contributed by atoms with van der Waals surface area (Å²) in [7, 11) is 0. The lowest BCUT2D eigenvalue weighted by Gasteiger charge is -2.15. The Morgan fingerprint density at radius 1 is 1.10 bits per heavy atom. The quantitative estimate of drug-likeness (QED) is 0.580. The molecular weight excluding hydrogens is 408 g/mol. The highest BCUT2D eigenvalue weighted by molar-refractivity contribution is 6.30. The van der Waals surface area contributed by atoms with E-state index in [1.165, 1.54) is 10.9 Å². The molecule has 2 heterocycles. The standard InChI is InChI=1S/C20H17ClN6O3/c21-12-1-5-15(6-2-12)27-11-24-16(18(22)28)17(27)19(29)25-13-3-7-14(8-4-13)26-9-10-30-20(26)23/h1-8,11,23H,9-10H2,(H2,22,28)(H,25,29). The monoisotopic (exact) mass is 424 g/mol. The number of hydrogen-bond donors (Lipinski definition) is 3. The largest absolute Gasteiger partial charge is 0.463 e. The molecule has 0 bridgehead atoms. The van der Waals surface area contributed by atoms with Gasteiger partial charge in [-0.2, -0.15) is 0 Å². The number of imidazole rings is 1. The second-order valence-corrected chi connectivity index (χ2v) is 6.90. The van der Waals surface area contributed by atoms with Crippen molar-refractivity contribution in [3.05, 3.63) is 71.3 Å². The number of carbonyl (C=O) groups excluding carboxylic acids is 2. The van der Waals surface area contributed by atoms with Gasteiger partial charge < -0.3 is 15.8 Å². The Kier molecular flexibility index (Phi) is 5.11. The summed E-state index contributed by atoms with van der Waals surface area (Å²) in [5.41, 5.74) is 7.18. The molecule has 9 nitrogen and oxygen atoms in total. The summed E-state index contributed by atoms with van der Waals surface area (Å²) >= 11 is 5.93. The van der Waals surface area contributed by atoms with E-state index in [0.29, 0.717) is 29.5 Å². The van der Waals surface area contributed by atoms with E-state index in [2.05, 4.69) is 10.3 Å². The lowest BCUT2D eigenvalue weighted by molar-refractivity contribution is 0.0971. The Morgan fingerprint density at radius 3 is 2.37 bits per heavy atom. The number of carbonyl (C=O) groups is 2. The van der Waals surface area contributed by atoms with Gasteiger partial charge in [0.1, 0.15) is 18.6 Å². The van der Waals surface area contributed by atoms with E-state index < -0.39 is 11.8 Å². The summed E-state index contributed by atoms with van der Waals surface area (Å²) in [6.07, 6.45) is 1.36. The highest BCUT2D eigenvalue weighted by Crippen LogP contribution is 2.22. The van der Waals surface area contributed by atoms with E-state index >= 15 is 0 Å². The number of anilines is 2. The normalized spacial score (nSPS) is 13.2. The third-order valence-electron chi connectivity index (χ3n) is 4.56. The second-order valence-electron chi connectivity index (χ2n) is 6.46. The Balaban J connectivity index is 1.61. The number of ether oxygens (including phenoxy) is 1. The first-order valence-corrected chi connectivity index (χ1v) is 9.35. The first-order chi connectivity index (χ1) is 14.4. The van der Waals surface area contributed by atoms with Crippen LogP contribution >= 0.6 is 11.6 Å². The van der Waals surface area contributed by atoms with Gasteiger partial charge >= 0.3 is 0 Å². The molecule has 2 aromatic carbocycles. The van der Waals surface area contributed by atoms with Gasteiger partial charge in [-0.15, -0.1) is 0 Å². The Morgan fingerprint density at radius 2 is 1.77 bits per heavy atom. The van der Waals surface area contributed by atoms with Crippen LogP contribution in [0.15, 0.2) is 54.9 Å². The summed E-state index contributed by atoms with van der Waals surface area (Å²) in [5.74, 6) is -1.35. The van der Waals surface area contributed by atoms with Crippen molar-refractivity contribution in [2.75, 3.05) is 23.4 Å². The van der Waals surface area contributed by atoms with Gasteiger partial charge in [-0.1, -0.05) is 11.6 Å². The van der Waals surface area contributed by atoms with Crippen molar-refractivity contribution in [1.29, 1.82) is 5.41 Å². The minimum atomic E-state index is -0.809. The predicted molar refractivity (Wildman–Crippen MR) is 113 cm³/mol. The van der Waals surface area contributed by atoms with Crippen LogP contribution in [0.1, 0.15) is 21.0 Å². The maximum atomic E-state index is 13.0. The summed E-state index contributed by atoms with van der Waals surface area (Å²) in [6.45, 7) is 1.05. The number of nitrogens with two attached hydrogens (primary N) is 1. The maximum Gasteiger partial charge on any atom is 0.289 e. The molecule has 0 saturated carbocycles. The van der Waals surface area contributed by atoms with Gasteiger partial charge in [-0.05, 0) is 48.5 Å². The van der Waals surface area contributed by atoms with Crippen LogP contribution in [0.4, 0.5) is 11.4 Å². The molecule has 1 aliphatic rings. The molecule has 30 heavy (non-hydrogen) atoms. The van der Waals surface area contributed by atoms with Crippen molar-refractivity contribution < 1.29 is 14.3 Å². The molecule has 1 aliphatic heterocycles. The average molecular weight is 425 g/mol. The zero-order valence-corrected chi connectivity index (χ0v) is 16.4. The molecule has 3 aromatic rings. The van der Waals surface area contributed by atoms with Crippen LogP contribution < -0.4 is 16.0 Å². The molecule has 0 aliphatic carbocycles. The number of amides is 2. The molecule has 1 fully saturated rings. The molecular formula is C20H17ClN6O3. The van der Waals surface area contributed by atoms with Crippen molar-refractivity contribution in [2.24, 2.45) is 5.73 Å². The van der Waals surface area contributed by atoms with Crippen molar-refractivity contribution >= 4 is 40.8 Å². The average Bonchev–Trinajstić information content (AvgIpc) is 3.36. The highest BCUT2D eigenvalue weighted by atomic mass is 35.5. The Hall–Kier alpha value is -3.85. The molecule has 0 radical (unpaired) electrons. The third kappa shape index (κ3) is 3.70. The SMILES string of the molecule is N=C1OCCN1c1ccc(NC(=O)c2c(C(N)=O)ncn2-c2ccc(Cl)cc2)cc1. The summed E-state index contributed by atoms with van der Waals surface area (Å²) in [5, 5.41) is 11.1. The first-order valence-electron chi connectivity index (χ1n) is 8.97. The predicted octanol–water partition coefficient (Wildman–Crippen LogP) is 2.65. The van der Waals surface area contributed by atoms with E-state index in [-0.39, 0.29) is 17.4 Å². The van der Waals surface area contributed by atoms with Gasteiger partial charge in [0.25, 0.3) is 17.8 Å². The molecule has 1 saturated heterocycles. The zero-order chi connectivity index (χ0) is 21.3. The number of hydrogen-bond acceptors (Lipinski definition) is 5. The van der Waals surface area contributed by atoms with Crippen molar-refractivity contribution in [1.82, 2.24) is 9.55 Å². The first kappa shape index (κ1) is 19.5. The summed E-state index contributed by atoms with van der Waals surface area (Å²) in [6, 6.07) is 13.8. The van der Waals surface area contributed by atoms with Crippen LogP contribution in [0.2, 0.25) is 5.02 Å². The summed E-state index contributed by atoms with van der Waals surface area (Å²) < 4.78 is 6.61. The molecule has 4 N–H and O–H groups in total. The molecule has 152 valence electrons. The van der Waals surface area contributed by atoms with Gasteiger partial charge in [-0.3, -0.25) is 24.5 Å². The lowest BCUT2D eigenvalue weighted by Crippen LogP contribution is -2.24. The number of amidine groups is 1. The number of nitrogens with one attached hydrogen (secondary N) is 2. The van der Waals surface area contributed by atoms with Crippen molar-refractivity contribution in [3.63, 3.8) is 0 Å². The van der Waals surface area contributed by atoms with Crippen LogP contribution in [0, 0.1) is 5.41 Å². The molecule has 10 heteroatoms. The maximum absolute atomic E-state index is 13.0. The zero-order valence-electron chi connectivity index (χ0n) is 15.6. The number of nitrogens with zero attached hydrogens (tertiary/aromatic N) is 3. The smallest absolute Gasteiger partial charge is 0.289 e. The van der Waals surface area contributed by atoms with Crippen LogP contribution in [-0.4, -0.2) is 40.5 Å². The Bertz CT molecular complexity index is 1120. The second kappa shape index (κ2) is 7.88. The molecule has 0 atom stereocenters. The number of rotatable bonds is 5. The lowest BCUT2D eigenvalue weighted by atomic mass is 10.2. The fourth-order valence-electron chi connectivity index (χ4n) is 3.12. The highest BCUT2D eigenvalue weighted by Gasteiger charge is 2.24. The van der Waals surface area contributed by atoms with Gasteiger partial charge in [0.05, 0.1) is 6.54 Å². The van der Waals surface area contributed by atoms with Gasteiger partial charge in [0.15, 0.2) is 5.69 Å².